The monoisotopic (exact) mass is 407 g/mol. The van der Waals surface area contributed by atoms with Crippen LogP contribution in [0.3, 0.4) is 0 Å². The molecule has 0 unspecified atom stereocenters. The van der Waals surface area contributed by atoms with Gasteiger partial charge in [-0.2, -0.15) is 4.99 Å². The van der Waals surface area contributed by atoms with Gasteiger partial charge in [-0.1, -0.05) is 17.8 Å². The van der Waals surface area contributed by atoms with Crippen molar-refractivity contribution in [3.05, 3.63) is 23.8 Å². The largest absolute Gasteiger partial charge is 0.493 e. The van der Waals surface area contributed by atoms with Crippen LogP contribution in [0.4, 0.5) is 0 Å². The molecule has 0 bridgehead atoms. The predicted octanol–water partition coefficient (Wildman–Crippen LogP) is 1.08. The fraction of sp³-hybridized carbons (Fsp3) is 0.526. The first-order valence-corrected chi connectivity index (χ1v) is 10.1. The summed E-state index contributed by atoms with van der Waals surface area (Å²) in [5.74, 6) is 0.946. The Hall–Kier alpha value is -2.26. The molecule has 1 N–H and O–H groups in total. The zero-order valence-corrected chi connectivity index (χ0v) is 16.9. The van der Waals surface area contributed by atoms with Crippen LogP contribution in [0.5, 0.6) is 11.5 Å². The van der Waals surface area contributed by atoms with E-state index < -0.39 is 5.25 Å². The Morgan fingerprint density at radius 1 is 1.29 bits per heavy atom. The third-order valence-corrected chi connectivity index (χ3v) is 5.78. The lowest BCUT2D eigenvalue weighted by molar-refractivity contribution is -0.124. The SMILES string of the molecule is COc1ccc(CCNC(=O)C[C@@H]2SC(N3CCOCC3)=NC2=O)cc1OC. The van der Waals surface area contributed by atoms with Gasteiger partial charge >= 0.3 is 0 Å². The molecule has 9 heteroatoms. The Bertz CT molecular complexity index is 749. The van der Waals surface area contributed by atoms with Crippen molar-refractivity contribution >= 4 is 28.7 Å². The first-order chi connectivity index (χ1) is 13.6. The van der Waals surface area contributed by atoms with E-state index >= 15 is 0 Å². The van der Waals surface area contributed by atoms with Crippen LogP contribution >= 0.6 is 11.8 Å². The highest BCUT2D eigenvalue weighted by atomic mass is 32.2. The van der Waals surface area contributed by atoms with Crippen molar-refractivity contribution in [3.8, 4) is 11.5 Å². The second-order valence-corrected chi connectivity index (χ2v) is 7.60. The van der Waals surface area contributed by atoms with E-state index in [-0.39, 0.29) is 18.2 Å². The number of methoxy groups -OCH3 is 2. The summed E-state index contributed by atoms with van der Waals surface area (Å²) in [4.78, 5) is 30.5. The summed E-state index contributed by atoms with van der Waals surface area (Å²) in [6.07, 6.45) is 0.792. The quantitative estimate of drug-likeness (QED) is 0.723. The normalized spacial score (nSPS) is 19.4. The summed E-state index contributed by atoms with van der Waals surface area (Å²) in [6.45, 7) is 3.20. The van der Waals surface area contributed by atoms with E-state index in [1.165, 1.54) is 11.8 Å². The minimum atomic E-state index is -0.445. The summed E-state index contributed by atoms with van der Waals surface area (Å²) in [6, 6.07) is 5.67. The van der Waals surface area contributed by atoms with Gasteiger partial charge in [-0.25, -0.2) is 0 Å². The zero-order chi connectivity index (χ0) is 19.9. The molecule has 152 valence electrons. The van der Waals surface area contributed by atoms with Crippen LogP contribution in [0, 0.1) is 0 Å². The van der Waals surface area contributed by atoms with E-state index in [2.05, 4.69) is 10.3 Å². The Morgan fingerprint density at radius 3 is 2.75 bits per heavy atom. The highest BCUT2D eigenvalue weighted by Crippen LogP contribution is 2.28. The van der Waals surface area contributed by atoms with Crippen molar-refractivity contribution in [3.63, 3.8) is 0 Å². The second kappa shape index (κ2) is 9.79. The van der Waals surface area contributed by atoms with Crippen molar-refractivity contribution < 1.29 is 23.8 Å². The van der Waals surface area contributed by atoms with Crippen molar-refractivity contribution in [1.82, 2.24) is 10.2 Å². The van der Waals surface area contributed by atoms with Gasteiger partial charge in [0.05, 0.1) is 27.4 Å². The molecule has 1 saturated heterocycles. The maximum absolute atomic E-state index is 12.2. The summed E-state index contributed by atoms with van der Waals surface area (Å²) < 4.78 is 15.8. The van der Waals surface area contributed by atoms with Crippen LogP contribution in [0.1, 0.15) is 12.0 Å². The van der Waals surface area contributed by atoms with E-state index in [9.17, 15) is 9.59 Å². The molecule has 3 rings (SSSR count). The maximum Gasteiger partial charge on any atom is 0.262 e. The number of hydrogen-bond donors (Lipinski definition) is 1. The number of aliphatic imine (C=N–C) groups is 1. The topological polar surface area (TPSA) is 89.5 Å². The summed E-state index contributed by atoms with van der Waals surface area (Å²) >= 11 is 1.37. The van der Waals surface area contributed by atoms with E-state index in [1.807, 2.05) is 23.1 Å². The van der Waals surface area contributed by atoms with Crippen LogP contribution in [0.2, 0.25) is 0 Å². The van der Waals surface area contributed by atoms with Gasteiger partial charge in [0.2, 0.25) is 5.91 Å². The van der Waals surface area contributed by atoms with Gasteiger partial charge in [0.1, 0.15) is 5.25 Å². The molecule has 1 aromatic rings. The average Bonchev–Trinajstić information content (AvgIpc) is 3.08. The fourth-order valence-corrected chi connectivity index (χ4v) is 4.14. The molecule has 2 aliphatic heterocycles. The lowest BCUT2D eigenvalue weighted by atomic mass is 10.1. The van der Waals surface area contributed by atoms with Gasteiger partial charge in [-0.3, -0.25) is 9.59 Å². The number of hydrogen-bond acceptors (Lipinski definition) is 7. The van der Waals surface area contributed by atoms with Crippen molar-refractivity contribution in [2.24, 2.45) is 4.99 Å². The molecule has 0 aromatic heterocycles. The average molecular weight is 407 g/mol. The van der Waals surface area contributed by atoms with E-state index in [4.69, 9.17) is 14.2 Å². The Labute approximate surface area is 168 Å². The van der Waals surface area contributed by atoms with Gasteiger partial charge in [0.25, 0.3) is 5.91 Å². The molecule has 2 amide bonds. The maximum atomic E-state index is 12.2. The number of nitrogens with zero attached hydrogens (tertiary/aromatic N) is 2. The van der Waals surface area contributed by atoms with Crippen LogP contribution in [-0.4, -0.2) is 74.2 Å². The van der Waals surface area contributed by atoms with E-state index in [0.717, 1.165) is 18.7 Å². The van der Waals surface area contributed by atoms with Gasteiger partial charge < -0.3 is 24.4 Å². The first kappa shape index (κ1) is 20.5. The number of thioether (sulfide) groups is 1. The Morgan fingerprint density at radius 2 is 2.04 bits per heavy atom. The van der Waals surface area contributed by atoms with Gasteiger partial charge in [0.15, 0.2) is 16.7 Å². The summed E-state index contributed by atoms with van der Waals surface area (Å²) in [5, 5.41) is 3.14. The molecule has 1 fully saturated rings. The van der Waals surface area contributed by atoms with Gasteiger partial charge in [0, 0.05) is 26.1 Å². The van der Waals surface area contributed by atoms with Crippen LogP contribution < -0.4 is 14.8 Å². The number of carbonyl (C=O) groups excluding carboxylic acids is 2. The third kappa shape index (κ3) is 5.17. The van der Waals surface area contributed by atoms with Crippen molar-refractivity contribution in [1.29, 1.82) is 0 Å². The molecule has 1 atom stereocenters. The van der Waals surface area contributed by atoms with Crippen molar-refractivity contribution in [2.45, 2.75) is 18.1 Å². The number of carbonyl (C=O) groups is 2. The predicted molar refractivity (Wildman–Crippen MR) is 107 cm³/mol. The van der Waals surface area contributed by atoms with Crippen LogP contribution in [0.25, 0.3) is 0 Å². The van der Waals surface area contributed by atoms with Gasteiger partial charge in [-0.05, 0) is 24.1 Å². The fourth-order valence-electron chi connectivity index (χ4n) is 3.02. The molecule has 0 spiro atoms. The Kier molecular flexibility index (Phi) is 7.16. The number of amides is 2. The highest BCUT2D eigenvalue weighted by molar-refractivity contribution is 8.15. The molecule has 28 heavy (non-hydrogen) atoms. The number of amidine groups is 1. The number of benzene rings is 1. The first-order valence-electron chi connectivity index (χ1n) is 9.20. The van der Waals surface area contributed by atoms with Crippen LogP contribution in [0.15, 0.2) is 23.2 Å². The molecule has 8 nitrogen and oxygen atoms in total. The van der Waals surface area contributed by atoms with Crippen LogP contribution in [-0.2, 0) is 20.7 Å². The minimum Gasteiger partial charge on any atom is -0.493 e. The second-order valence-electron chi connectivity index (χ2n) is 6.43. The minimum absolute atomic E-state index is 0.132. The number of ether oxygens (including phenoxy) is 3. The molecule has 0 aliphatic carbocycles. The van der Waals surface area contributed by atoms with E-state index in [1.54, 1.807) is 14.2 Å². The smallest absolute Gasteiger partial charge is 0.262 e. The standard InChI is InChI=1S/C19H25N3O5S/c1-25-14-4-3-13(11-15(14)26-2)5-6-20-17(23)12-16-18(24)21-19(28-16)22-7-9-27-10-8-22/h3-4,11,16H,5-10,12H2,1-2H3,(H,20,23)/t16-/m0/s1. The number of morpholine rings is 1. The third-order valence-electron chi connectivity index (χ3n) is 4.57. The lowest BCUT2D eigenvalue weighted by Gasteiger charge is -2.27. The molecule has 2 aliphatic rings. The molecular formula is C19H25N3O5S. The highest BCUT2D eigenvalue weighted by Gasteiger charge is 2.33. The molecule has 1 aromatic carbocycles. The molecule has 0 radical (unpaired) electrons. The molecular weight excluding hydrogens is 382 g/mol. The molecule has 0 saturated carbocycles. The summed E-state index contributed by atoms with van der Waals surface area (Å²) in [7, 11) is 3.18. The van der Waals surface area contributed by atoms with Crippen molar-refractivity contribution in [2.75, 3.05) is 47.1 Å². The van der Waals surface area contributed by atoms with Gasteiger partial charge in [-0.15, -0.1) is 0 Å². The van der Waals surface area contributed by atoms with E-state index in [0.29, 0.717) is 42.8 Å². The molecule has 2 heterocycles. The Balaban J connectivity index is 1.43. The summed E-state index contributed by atoms with van der Waals surface area (Å²) in [5.41, 5.74) is 1.03. The number of rotatable bonds is 7. The lowest BCUT2D eigenvalue weighted by Crippen LogP contribution is -2.39. The number of nitrogens with one attached hydrogen (secondary N) is 1. The zero-order valence-electron chi connectivity index (χ0n) is 16.1.